The van der Waals surface area contributed by atoms with E-state index in [0.717, 1.165) is 18.5 Å². The van der Waals surface area contributed by atoms with E-state index in [9.17, 15) is 0 Å². The summed E-state index contributed by atoms with van der Waals surface area (Å²) in [7, 11) is 4.41. The Bertz CT molecular complexity index is 194. The van der Waals surface area contributed by atoms with E-state index in [1.54, 1.807) is 0 Å². The maximum Gasteiger partial charge on any atom is 0.0217 e. The molecule has 0 aromatic carbocycles. The molecule has 1 saturated heterocycles. The number of hydrogen-bond donors (Lipinski definition) is 1. The second-order valence-electron chi connectivity index (χ2n) is 5.89. The summed E-state index contributed by atoms with van der Waals surface area (Å²) in [6, 6.07) is 0.769. The van der Waals surface area contributed by atoms with E-state index in [1.165, 1.54) is 51.7 Å². The van der Waals surface area contributed by atoms with Gasteiger partial charge in [0.15, 0.2) is 0 Å². The van der Waals surface area contributed by atoms with E-state index < -0.39 is 0 Å². The van der Waals surface area contributed by atoms with E-state index in [4.69, 9.17) is 5.73 Å². The van der Waals surface area contributed by atoms with Crippen molar-refractivity contribution >= 4 is 0 Å². The first-order valence-corrected chi connectivity index (χ1v) is 7.22. The molecule has 0 radical (unpaired) electrons. The molecule has 0 aromatic heterocycles. The van der Waals surface area contributed by atoms with E-state index in [2.05, 4.69) is 30.8 Å². The SMILES string of the molecule is CC(CCN)CCCN1CCCC(N(C)C)C1. The van der Waals surface area contributed by atoms with Crippen LogP contribution >= 0.6 is 0 Å². The van der Waals surface area contributed by atoms with Gasteiger partial charge in [-0.2, -0.15) is 0 Å². The fourth-order valence-corrected chi connectivity index (χ4v) is 2.75. The third-order valence-electron chi connectivity index (χ3n) is 4.04. The Kier molecular flexibility index (Phi) is 7.09. The van der Waals surface area contributed by atoms with Gasteiger partial charge in [0, 0.05) is 12.6 Å². The van der Waals surface area contributed by atoms with Crippen LogP contribution in [0.5, 0.6) is 0 Å². The minimum Gasteiger partial charge on any atom is -0.330 e. The van der Waals surface area contributed by atoms with Crippen molar-refractivity contribution in [2.75, 3.05) is 40.3 Å². The lowest BCUT2D eigenvalue weighted by molar-refractivity contribution is 0.130. The Morgan fingerprint density at radius 1 is 1.35 bits per heavy atom. The summed E-state index contributed by atoms with van der Waals surface area (Å²) < 4.78 is 0. The molecule has 1 rings (SSSR count). The van der Waals surface area contributed by atoms with E-state index in [-0.39, 0.29) is 0 Å². The summed E-state index contributed by atoms with van der Waals surface area (Å²) in [4.78, 5) is 5.02. The van der Waals surface area contributed by atoms with Gasteiger partial charge in [-0.05, 0) is 71.8 Å². The second-order valence-corrected chi connectivity index (χ2v) is 5.89. The van der Waals surface area contributed by atoms with Crippen LogP contribution in [0.3, 0.4) is 0 Å². The van der Waals surface area contributed by atoms with Crippen molar-refractivity contribution in [2.45, 2.75) is 45.1 Å². The molecular weight excluding hydrogens is 210 g/mol. The molecular formula is C14H31N3. The zero-order valence-electron chi connectivity index (χ0n) is 12.0. The first-order chi connectivity index (χ1) is 8.13. The molecule has 1 heterocycles. The van der Waals surface area contributed by atoms with Crippen LogP contribution in [0.15, 0.2) is 0 Å². The topological polar surface area (TPSA) is 32.5 Å². The smallest absolute Gasteiger partial charge is 0.0217 e. The lowest BCUT2D eigenvalue weighted by Gasteiger charge is -2.36. The molecule has 0 saturated carbocycles. The van der Waals surface area contributed by atoms with E-state index in [0.29, 0.717) is 0 Å². The molecule has 2 atom stereocenters. The van der Waals surface area contributed by atoms with Crippen molar-refractivity contribution in [3.8, 4) is 0 Å². The molecule has 2 N–H and O–H groups in total. The van der Waals surface area contributed by atoms with Crippen LogP contribution in [0.4, 0.5) is 0 Å². The van der Waals surface area contributed by atoms with Crippen LogP contribution in [-0.2, 0) is 0 Å². The minimum absolute atomic E-state index is 0.769. The van der Waals surface area contributed by atoms with Crippen molar-refractivity contribution in [1.29, 1.82) is 0 Å². The maximum atomic E-state index is 5.58. The first kappa shape index (κ1) is 14.9. The van der Waals surface area contributed by atoms with Crippen molar-refractivity contribution in [3.63, 3.8) is 0 Å². The molecule has 0 aromatic rings. The van der Waals surface area contributed by atoms with Crippen LogP contribution in [0.1, 0.15) is 39.0 Å². The van der Waals surface area contributed by atoms with Gasteiger partial charge in [0.25, 0.3) is 0 Å². The van der Waals surface area contributed by atoms with Crippen molar-refractivity contribution in [2.24, 2.45) is 11.7 Å². The number of nitrogens with zero attached hydrogens (tertiary/aromatic N) is 2. The molecule has 0 amide bonds. The number of piperidine rings is 1. The number of hydrogen-bond acceptors (Lipinski definition) is 3. The molecule has 1 aliphatic heterocycles. The molecule has 0 aliphatic carbocycles. The Morgan fingerprint density at radius 3 is 2.76 bits per heavy atom. The molecule has 0 spiro atoms. The summed E-state index contributed by atoms with van der Waals surface area (Å²) in [5, 5.41) is 0. The molecule has 1 aliphatic rings. The highest BCUT2D eigenvalue weighted by molar-refractivity contribution is 4.77. The van der Waals surface area contributed by atoms with Gasteiger partial charge in [0.2, 0.25) is 0 Å². The lowest BCUT2D eigenvalue weighted by atomic mass is 10.0. The van der Waals surface area contributed by atoms with E-state index >= 15 is 0 Å². The summed E-state index contributed by atoms with van der Waals surface area (Å²) in [5.74, 6) is 0.800. The van der Waals surface area contributed by atoms with Crippen molar-refractivity contribution < 1.29 is 0 Å². The minimum atomic E-state index is 0.769. The fraction of sp³-hybridized carbons (Fsp3) is 1.00. The van der Waals surface area contributed by atoms with Gasteiger partial charge in [0.05, 0.1) is 0 Å². The van der Waals surface area contributed by atoms with Crippen LogP contribution in [0, 0.1) is 5.92 Å². The van der Waals surface area contributed by atoms with Crippen LogP contribution in [0.25, 0.3) is 0 Å². The Balaban J connectivity index is 2.14. The summed E-state index contributed by atoms with van der Waals surface area (Å²) >= 11 is 0. The van der Waals surface area contributed by atoms with Gasteiger partial charge in [-0.1, -0.05) is 6.92 Å². The maximum absolute atomic E-state index is 5.58. The standard InChI is InChI=1S/C14H31N3/c1-13(8-9-15)6-4-10-17-11-5-7-14(12-17)16(2)3/h13-14H,4-12,15H2,1-3H3. The number of nitrogens with two attached hydrogens (primary N) is 1. The number of likely N-dealkylation sites (N-methyl/N-ethyl adjacent to an activating group) is 1. The zero-order chi connectivity index (χ0) is 12.7. The monoisotopic (exact) mass is 241 g/mol. The van der Waals surface area contributed by atoms with E-state index in [1.807, 2.05) is 0 Å². The third kappa shape index (κ3) is 5.84. The van der Waals surface area contributed by atoms with Gasteiger partial charge in [0.1, 0.15) is 0 Å². The van der Waals surface area contributed by atoms with Crippen LogP contribution in [-0.4, -0.2) is 56.1 Å². The van der Waals surface area contributed by atoms with Gasteiger partial charge < -0.3 is 15.5 Å². The molecule has 3 heteroatoms. The molecule has 2 unspecified atom stereocenters. The Hall–Kier alpha value is -0.120. The summed E-state index contributed by atoms with van der Waals surface area (Å²) in [5.41, 5.74) is 5.58. The lowest BCUT2D eigenvalue weighted by Crippen LogP contribution is -2.45. The molecule has 0 bridgehead atoms. The third-order valence-corrected chi connectivity index (χ3v) is 4.04. The number of likely N-dealkylation sites (tertiary alicyclic amines) is 1. The first-order valence-electron chi connectivity index (χ1n) is 7.22. The number of rotatable bonds is 7. The molecule has 102 valence electrons. The van der Waals surface area contributed by atoms with Gasteiger partial charge in [-0.25, -0.2) is 0 Å². The second kappa shape index (κ2) is 8.06. The Labute approximate surface area is 107 Å². The fourth-order valence-electron chi connectivity index (χ4n) is 2.75. The molecule has 17 heavy (non-hydrogen) atoms. The predicted octanol–water partition coefficient (Wildman–Crippen LogP) is 1.78. The van der Waals surface area contributed by atoms with Gasteiger partial charge in [-0.3, -0.25) is 0 Å². The molecule has 3 nitrogen and oxygen atoms in total. The van der Waals surface area contributed by atoms with Crippen molar-refractivity contribution in [1.82, 2.24) is 9.80 Å². The highest BCUT2D eigenvalue weighted by atomic mass is 15.2. The van der Waals surface area contributed by atoms with Crippen LogP contribution < -0.4 is 5.73 Å². The summed E-state index contributed by atoms with van der Waals surface area (Å²) in [6.45, 7) is 7.01. The molecule has 1 fully saturated rings. The van der Waals surface area contributed by atoms with Crippen molar-refractivity contribution in [3.05, 3.63) is 0 Å². The quantitative estimate of drug-likeness (QED) is 0.737. The average Bonchev–Trinajstić information content (AvgIpc) is 2.30. The zero-order valence-corrected chi connectivity index (χ0v) is 12.0. The highest BCUT2D eigenvalue weighted by Gasteiger charge is 2.20. The normalized spacial score (nSPS) is 24.2. The predicted molar refractivity (Wildman–Crippen MR) is 75.2 cm³/mol. The average molecular weight is 241 g/mol. The van der Waals surface area contributed by atoms with Gasteiger partial charge in [-0.15, -0.1) is 0 Å². The van der Waals surface area contributed by atoms with Gasteiger partial charge >= 0.3 is 0 Å². The Morgan fingerprint density at radius 2 is 2.12 bits per heavy atom. The highest BCUT2D eigenvalue weighted by Crippen LogP contribution is 2.15. The van der Waals surface area contributed by atoms with Crippen LogP contribution in [0.2, 0.25) is 0 Å². The summed E-state index contributed by atoms with van der Waals surface area (Å²) in [6.07, 6.45) is 6.58. The largest absolute Gasteiger partial charge is 0.330 e.